The van der Waals surface area contributed by atoms with Crippen LogP contribution in [0.15, 0.2) is 30.7 Å². The summed E-state index contributed by atoms with van der Waals surface area (Å²) in [4.78, 5) is 14.4. The van der Waals surface area contributed by atoms with Gasteiger partial charge in [0.25, 0.3) is 0 Å². The van der Waals surface area contributed by atoms with Gasteiger partial charge in [-0.25, -0.2) is 14.6 Å². The minimum Gasteiger partial charge on any atom is -0.493 e. The van der Waals surface area contributed by atoms with Crippen molar-refractivity contribution in [2.45, 2.75) is 25.5 Å². The van der Waals surface area contributed by atoms with Gasteiger partial charge in [-0.3, -0.25) is 0 Å². The van der Waals surface area contributed by atoms with Gasteiger partial charge in [0.1, 0.15) is 6.10 Å². The van der Waals surface area contributed by atoms with E-state index in [1.807, 2.05) is 29.1 Å². The van der Waals surface area contributed by atoms with E-state index in [-0.39, 0.29) is 6.10 Å². The van der Waals surface area contributed by atoms with E-state index >= 15 is 0 Å². The standard InChI is InChI=1S/C21H28N6O3/c1-26-8-9-30-19(13-26)21-24-20(25-27(21)7-6-16-12-22-14-23-16)11-15-4-5-17(28-2)18(10-15)29-3/h4-5,10,12,14,19H,6-9,11,13H2,1-3H3,(H,22,23). The topological polar surface area (TPSA) is 90.3 Å². The van der Waals surface area contributed by atoms with Crippen molar-refractivity contribution >= 4 is 0 Å². The summed E-state index contributed by atoms with van der Waals surface area (Å²) in [7, 11) is 5.37. The first kappa shape index (κ1) is 20.4. The van der Waals surface area contributed by atoms with E-state index in [4.69, 9.17) is 24.3 Å². The van der Waals surface area contributed by atoms with Crippen molar-refractivity contribution in [2.24, 2.45) is 0 Å². The number of morpholine rings is 1. The summed E-state index contributed by atoms with van der Waals surface area (Å²) in [5.41, 5.74) is 2.13. The maximum absolute atomic E-state index is 6.02. The average Bonchev–Trinajstić information content (AvgIpc) is 3.42. The summed E-state index contributed by atoms with van der Waals surface area (Å²) >= 11 is 0. The highest BCUT2D eigenvalue weighted by atomic mass is 16.5. The van der Waals surface area contributed by atoms with Crippen LogP contribution < -0.4 is 9.47 Å². The van der Waals surface area contributed by atoms with Crippen LogP contribution in [0.5, 0.6) is 11.5 Å². The SMILES string of the molecule is COc1ccc(Cc2nc(C3CN(C)CCO3)n(CCc3cnc[nH]3)n2)cc1OC. The second-order valence-electron chi connectivity index (χ2n) is 7.42. The largest absolute Gasteiger partial charge is 0.493 e. The number of methoxy groups -OCH3 is 2. The first-order valence-corrected chi connectivity index (χ1v) is 10.1. The zero-order valence-electron chi connectivity index (χ0n) is 17.7. The van der Waals surface area contributed by atoms with Crippen molar-refractivity contribution in [1.82, 2.24) is 29.6 Å². The number of imidazole rings is 1. The number of rotatable bonds is 8. The van der Waals surface area contributed by atoms with Crippen molar-refractivity contribution in [2.75, 3.05) is 41.0 Å². The zero-order valence-corrected chi connectivity index (χ0v) is 17.7. The molecule has 0 aliphatic carbocycles. The molecular weight excluding hydrogens is 384 g/mol. The number of hydrogen-bond acceptors (Lipinski definition) is 7. The van der Waals surface area contributed by atoms with Crippen LogP contribution in [0, 0.1) is 0 Å². The maximum Gasteiger partial charge on any atom is 0.161 e. The number of nitrogens with one attached hydrogen (secondary N) is 1. The van der Waals surface area contributed by atoms with Crippen LogP contribution >= 0.6 is 0 Å². The van der Waals surface area contributed by atoms with E-state index in [2.05, 4.69) is 21.9 Å². The summed E-state index contributed by atoms with van der Waals surface area (Å²) < 4.78 is 18.7. The van der Waals surface area contributed by atoms with Crippen LogP contribution in [-0.2, 0) is 24.1 Å². The quantitative estimate of drug-likeness (QED) is 0.604. The predicted molar refractivity (Wildman–Crippen MR) is 111 cm³/mol. The van der Waals surface area contributed by atoms with Gasteiger partial charge in [0, 0.05) is 44.4 Å². The second kappa shape index (κ2) is 9.27. The fourth-order valence-corrected chi connectivity index (χ4v) is 3.64. The van der Waals surface area contributed by atoms with Crippen LogP contribution in [0.4, 0.5) is 0 Å². The monoisotopic (exact) mass is 412 g/mol. The van der Waals surface area contributed by atoms with E-state index in [1.54, 1.807) is 20.5 Å². The number of aryl methyl sites for hydroxylation is 2. The maximum atomic E-state index is 6.02. The third-order valence-corrected chi connectivity index (χ3v) is 5.26. The number of aromatic amines is 1. The Balaban J connectivity index is 1.57. The minimum atomic E-state index is -0.0860. The summed E-state index contributed by atoms with van der Waals surface area (Å²) in [6.45, 7) is 3.13. The number of benzene rings is 1. The first-order valence-electron chi connectivity index (χ1n) is 10.1. The lowest BCUT2D eigenvalue weighted by molar-refractivity contribution is -0.0276. The van der Waals surface area contributed by atoms with Gasteiger partial charge in [-0.15, -0.1) is 0 Å². The fourth-order valence-electron chi connectivity index (χ4n) is 3.64. The Hall–Kier alpha value is -2.91. The Bertz CT molecular complexity index is 956. The molecule has 0 amide bonds. The Morgan fingerprint density at radius 3 is 2.83 bits per heavy atom. The Morgan fingerprint density at radius 2 is 2.10 bits per heavy atom. The van der Waals surface area contributed by atoms with Crippen LogP contribution in [-0.4, -0.2) is 70.6 Å². The fraction of sp³-hybridized carbons (Fsp3) is 0.476. The minimum absolute atomic E-state index is 0.0860. The molecule has 2 aromatic heterocycles. The first-order chi connectivity index (χ1) is 14.7. The van der Waals surface area contributed by atoms with Gasteiger partial charge in [-0.2, -0.15) is 5.10 Å². The molecule has 3 heterocycles. The number of likely N-dealkylation sites (N-methyl/N-ethyl adjacent to an activating group) is 1. The summed E-state index contributed by atoms with van der Waals surface area (Å²) in [5, 5.41) is 4.80. The van der Waals surface area contributed by atoms with Gasteiger partial charge in [0.05, 0.1) is 27.2 Å². The lowest BCUT2D eigenvalue weighted by atomic mass is 10.1. The molecule has 1 aromatic carbocycles. The molecule has 0 spiro atoms. The van der Waals surface area contributed by atoms with Gasteiger partial charge in [-0.05, 0) is 24.7 Å². The molecule has 0 bridgehead atoms. The molecule has 1 N–H and O–H groups in total. The molecule has 0 saturated carbocycles. The van der Waals surface area contributed by atoms with E-state index in [0.717, 1.165) is 42.4 Å². The summed E-state index contributed by atoms with van der Waals surface area (Å²) in [6, 6.07) is 5.88. The van der Waals surface area contributed by atoms with Crippen LogP contribution in [0.1, 0.15) is 29.0 Å². The number of nitrogens with zero attached hydrogens (tertiary/aromatic N) is 5. The van der Waals surface area contributed by atoms with Crippen molar-refractivity contribution in [3.05, 3.63) is 53.6 Å². The molecule has 9 nitrogen and oxygen atoms in total. The molecule has 1 fully saturated rings. The number of H-pyrrole nitrogens is 1. The molecule has 30 heavy (non-hydrogen) atoms. The molecule has 1 unspecified atom stereocenters. The molecule has 3 aromatic rings. The molecule has 160 valence electrons. The predicted octanol–water partition coefficient (Wildman–Crippen LogP) is 1.85. The van der Waals surface area contributed by atoms with E-state index < -0.39 is 0 Å². The molecule has 1 atom stereocenters. The number of aromatic nitrogens is 5. The smallest absolute Gasteiger partial charge is 0.161 e. The van der Waals surface area contributed by atoms with Gasteiger partial charge < -0.3 is 24.1 Å². The number of hydrogen-bond donors (Lipinski definition) is 1. The van der Waals surface area contributed by atoms with Crippen molar-refractivity contribution in [1.29, 1.82) is 0 Å². The van der Waals surface area contributed by atoms with Gasteiger partial charge in [0.2, 0.25) is 0 Å². The Labute approximate surface area is 176 Å². The van der Waals surface area contributed by atoms with Crippen molar-refractivity contribution in [3.63, 3.8) is 0 Å². The molecule has 1 aliphatic rings. The third-order valence-electron chi connectivity index (χ3n) is 5.26. The lowest BCUT2D eigenvalue weighted by Crippen LogP contribution is -2.36. The van der Waals surface area contributed by atoms with Crippen LogP contribution in [0.3, 0.4) is 0 Å². The molecule has 0 radical (unpaired) electrons. The molecule has 4 rings (SSSR count). The van der Waals surface area contributed by atoms with E-state index in [1.165, 1.54) is 0 Å². The highest BCUT2D eigenvalue weighted by Gasteiger charge is 2.26. The lowest BCUT2D eigenvalue weighted by Gasteiger charge is -2.29. The second-order valence-corrected chi connectivity index (χ2v) is 7.42. The highest BCUT2D eigenvalue weighted by molar-refractivity contribution is 5.43. The van der Waals surface area contributed by atoms with Crippen molar-refractivity contribution in [3.8, 4) is 11.5 Å². The van der Waals surface area contributed by atoms with E-state index in [0.29, 0.717) is 31.1 Å². The van der Waals surface area contributed by atoms with Gasteiger partial charge in [-0.1, -0.05) is 6.07 Å². The summed E-state index contributed by atoms with van der Waals surface area (Å²) in [5.74, 6) is 3.04. The third kappa shape index (κ3) is 4.63. The van der Waals surface area contributed by atoms with Gasteiger partial charge >= 0.3 is 0 Å². The van der Waals surface area contributed by atoms with Gasteiger partial charge in [0.15, 0.2) is 23.1 Å². The Morgan fingerprint density at radius 1 is 1.23 bits per heavy atom. The molecule has 9 heteroatoms. The number of ether oxygens (including phenoxy) is 3. The molecule has 1 saturated heterocycles. The molecular formula is C21H28N6O3. The molecule has 1 aliphatic heterocycles. The van der Waals surface area contributed by atoms with Crippen LogP contribution in [0.2, 0.25) is 0 Å². The highest BCUT2D eigenvalue weighted by Crippen LogP contribution is 2.28. The zero-order chi connectivity index (χ0) is 20.9. The van der Waals surface area contributed by atoms with E-state index in [9.17, 15) is 0 Å². The normalized spacial score (nSPS) is 17.2. The van der Waals surface area contributed by atoms with Crippen LogP contribution in [0.25, 0.3) is 0 Å². The van der Waals surface area contributed by atoms with Crippen molar-refractivity contribution < 1.29 is 14.2 Å². The summed E-state index contributed by atoms with van der Waals surface area (Å²) in [6.07, 6.45) is 4.85. The average molecular weight is 412 g/mol. The Kier molecular flexibility index (Phi) is 6.29.